The molecule has 0 heterocycles. The summed E-state index contributed by atoms with van der Waals surface area (Å²) in [6.07, 6.45) is 0. The van der Waals surface area contributed by atoms with Gasteiger partial charge in [-0.15, -0.1) is 0 Å². The second-order valence-corrected chi connectivity index (χ2v) is 4.17. The molecule has 18 heavy (non-hydrogen) atoms. The summed E-state index contributed by atoms with van der Waals surface area (Å²) in [4.78, 5) is 12.1. The van der Waals surface area contributed by atoms with E-state index in [1.807, 2.05) is 49.4 Å². The van der Waals surface area contributed by atoms with Gasteiger partial charge in [-0.25, -0.2) is 0 Å². The second kappa shape index (κ2) is 5.47. The highest BCUT2D eigenvalue weighted by Gasteiger charge is 2.07. The molecule has 2 aromatic rings. The van der Waals surface area contributed by atoms with Crippen LogP contribution < -0.4 is 11.1 Å². The fraction of sp³-hybridized carbons (Fsp3) is 0.133. The summed E-state index contributed by atoms with van der Waals surface area (Å²) in [5.41, 5.74) is 9.02. The number of anilines is 1. The zero-order chi connectivity index (χ0) is 13.0. The Labute approximate surface area is 107 Å². The van der Waals surface area contributed by atoms with Crippen LogP contribution in [-0.4, -0.2) is 5.91 Å². The van der Waals surface area contributed by atoms with E-state index in [-0.39, 0.29) is 5.91 Å². The van der Waals surface area contributed by atoms with Crippen LogP contribution in [-0.2, 0) is 6.54 Å². The molecule has 92 valence electrons. The predicted octanol–water partition coefficient (Wildman–Crippen LogP) is 2.71. The molecule has 2 aromatic carbocycles. The number of nitrogens with one attached hydrogen (secondary N) is 1. The van der Waals surface area contributed by atoms with Crippen LogP contribution in [0.5, 0.6) is 0 Å². The predicted molar refractivity (Wildman–Crippen MR) is 73.5 cm³/mol. The van der Waals surface area contributed by atoms with E-state index in [4.69, 9.17) is 5.73 Å². The monoisotopic (exact) mass is 240 g/mol. The first-order chi connectivity index (χ1) is 8.70. The molecule has 1 amide bonds. The Hall–Kier alpha value is -2.13. The van der Waals surface area contributed by atoms with Crippen molar-refractivity contribution < 1.29 is 4.79 Å². The third kappa shape index (κ3) is 2.76. The first-order valence-corrected chi connectivity index (χ1v) is 5.86. The fourth-order valence-corrected chi connectivity index (χ4v) is 1.75. The van der Waals surface area contributed by atoms with Crippen LogP contribution in [0.2, 0.25) is 0 Å². The molecule has 3 heteroatoms. The number of carbonyl (C=O) groups excluding carboxylic acids is 1. The molecule has 0 aliphatic carbocycles. The smallest absolute Gasteiger partial charge is 0.255 e. The molecule has 0 fully saturated rings. The number of amides is 1. The van der Waals surface area contributed by atoms with E-state index in [1.165, 1.54) is 0 Å². The topological polar surface area (TPSA) is 55.1 Å². The molecule has 3 nitrogen and oxygen atoms in total. The van der Waals surface area contributed by atoms with E-state index in [9.17, 15) is 4.79 Å². The Kier molecular flexibility index (Phi) is 3.75. The first kappa shape index (κ1) is 12.3. The fourth-order valence-electron chi connectivity index (χ4n) is 1.75. The molecular formula is C15H16N2O. The number of hydrogen-bond acceptors (Lipinski definition) is 2. The number of nitrogens with two attached hydrogens (primary N) is 1. The molecule has 0 radical (unpaired) electrons. The highest BCUT2D eigenvalue weighted by molar-refractivity contribution is 6.04. The normalized spacial score (nSPS) is 10.1. The minimum absolute atomic E-state index is 0.111. The van der Waals surface area contributed by atoms with Crippen molar-refractivity contribution in [3.8, 4) is 0 Å². The lowest BCUT2D eigenvalue weighted by molar-refractivity contribution is 0.102. The lowest BCUT2D eigenvalue weighted by Crippen LogP contribution is -2.13. The van der Waals surface area contributed by atoms with Crippen LogP contribution in [0.3, 0.4) is 0 Å². The molecule has 0 bridgehead atoms. The van der Waals surface area contributed by atoms with E-state index in [0.29, 0.717) is 12.1 Å². The van der Waals surface area contributed by atoms with Crippen LogP contribution in [0.25, 0.3) is 0 Å². The molecule has 0 atom stereocenters. The number of rotatable bonds is 3. The van der Waals surface area contributed by atoms with Crippen molar-refractivity contribution in [2.45, 2.75) is 13.5 Å². The van der Waals surface area contributed by atoms with Crippen molar-refractivity contribution in [2.75, 3.05) is 5.32 Å². The number of hydrogen-bond donors (Lipinski definition) is 2. The molecule has 0 aliphatic rings. The summed E-state index contributed by atoms with van der Waals surface area (Å²) in [7, 11) is 0. The van der Waals surface area contributed by atoms with Crippen LogP contribution in [0.4, 0.5) is 5.69 Å². The van der Waals surface area contributed by atoms with Gasteiger partial charge in [0.2, 0.25) is 0 Å². The molecular weight excluding hydrogens is 224 g/mol. The standard InChI is InChI=1S/C15H16N2O/c1-11-5-2-3-8-14(11)17-15(18)13-7-4-6-12(9-13)10-16/h2-9H,10,16H2,1H3,(H,17,18). The van der Waals surface area contributed by atoms with Crippen LogP contribution >= 0.6 is 0 Å². The molecule has 2 rings (SSSR count). The van der Waals surface area contributed by atoms with E-state index in [2.05, 4.69) is 5.32 Å². The molecule has 0 aliphatic heterocycles. The summed E-state index contributed by atoms with van der Waals surface area (Å²) in [5, 5.41) is 2.90. The third-order valence-electron chi connectivity index (χ3n) is 2.82. The first-order valence-electron chi connectivity index (χ1n) is 5.86. The van der Waals surface area contributed by atoms with Gasteiger partial charge in [0, 0.05) is 17.8 Å². The summed E-state index contributed by atoms with van der Waals surface area (Å²) < 4.78 is 0. The summed E-state index contributed by atoms with van der Waals surface area (Å²) in [5.74, 6) is -0.111. The summed E-state index contributed by atoms with van der Waals surface area (Å²) >= 11 is 0. The molecule has 0 saturated carbocycles. The number of benzene rings is 2. The van der Waals surface area contributed by atoms with E-state index >= 15 is 0 Å². The summed E-state index contributed by atoms with van der Waals surface area (Å²) in [6.45, 7) is 2.40. The van der Waals surface area contributed by atoms with Gasteiger partial charge in [-0.1, -0.05) is 30.3 Å². The van der Waals surface area contributed by atoms with Gasteiger partial charge in [-0.2, -0.15) is 0 Å². The SMILES string of the molecule is Cc1ccccc1NC(=O)c1cccc(CN)c1. The van der Waals surface area contributed by atoms with Crippen LogP contribution in [0, 0.1) is 6.92 Å². The van der Waals surface area contributed by atoms with Gasteiger partial charge in [0.15, 0.2) is 0 Å². The lowest BCUT2D eigenvalue weighted by atomic mass is 10.1. The van der Waals surface area contributed by atoms with Gasteiger partial charge in [0.25, 0.3) is 5.91 Å². The Bertz CT molecular complexity index is 564. The van der Waals surface area contributed by atoms with Crippen molar-refractivity contribution in [2.24, 2.45) is 5.73 Å². The quantitative estimate of drug-likeness (QED) is 0.866. The lowest BCUT2D eigenvalue weighted by Gasteiger charge is -2.08. The van der Waals surface area contributed by atoms with E-state index in [1.54, 1.807) is 6.07 Å². The maximum Gasteiger partial charge on any atom is 0.255 e. The number of carbonyl (C=O) groups is 1. The van der Waals surface area contributed by atoms with E-state index < -0.39 is 0 Å². The second-order valence-electron chi connectivity index (χ2n) is 4.17. The van der Waals surface area contributed by atoms with Crippen molar-refractivity contribution in [1.82, 2.24) is 0 Å². The van der Waals surface area contributed by atoms with Gasteiger partial charge in [-0.05, 0) is 36.2 Å². The van der Waals surface area contributed by atoms with E-state index in [0.717, 1.165) is 16.8 Å². The van der Waals surface area contributed by atoms with Crippen LogP contribution in [0.1, 0.15) is 21.5 Å². The molecule has 0 saturated heterocycles. The summed E-state index contributed by atoms with van der Waals surface area (Å²) in [6, 6.07) is 15.0. The molecule has 0 unspecified atom stereocenters. The van der Waals surface area contributed by atoms with Gasteiger partial charge in [0.1, 0.15) is 0 Å². The van der Waals surface area contributed by atoms with Gasteiger partial charge < -0.3 is 11.1 Å². The Balaban J connectivity index is 2.19. The van der Waals surface area contributed by atoms with Crippen LogP contribution in [0.15, 0.2) is 48.5 Å². The zero-order valence-electron chi connectivity index (χ0n) is 10.3. The highest BCUT2D eigenvalue weighted by Crippen LogP contribution is 2.15. The molecule has 0 spiro atoms. The average molecular weight is 240 g/mol. The Morgan fingerprint density at radius 2 is 1.94 bits per heavy atom. The van der Waals surface area contributed by atoms with Crippen molar-refractivity contribution in [3.63, 3.8) is 0 Å². The molecule has 0 aromatic heterocycles. The third-order valence-corrected chi connectivity index (χ3v) is 2.82. The van der Waals surface area contributed by atoms with Gasteiger partial charge in [0.05, 0.1) is 0 Å². The van der Waals surface area contributed by atoms with Crippen molar-refractivity contribution in [1.29, 1.82) is 0 Å². The highest BCUT2D eigenvalue weighted by atomic mass is 16.1. The Morgan fingerprint density at radius 3 is 2.67 bits per heavy atom. The van der Waals surface area contributed by atoms with Gasteiger partial charge in [-0.3, -0.25) is 4.79 Å². The molecule has 3 N–H and O–H groups in total. The average Bonchev–Trinajstić information content (AvgIpc) is 2.41. The largest absolute Gasteiger partial charge is 0.326 e. The van der Waals surface area contributed by atoms with Crippen molar-refractivity contribution >= 4 is 11.6 Å². The van der Waals surface area contributed by atoms with Crippen molar-refractivity contribution in [3.05, 3.63) is 65.2 Å². The number of para-hydroxylation sites is 1. The minimum atomic E-state index is -0.111. The minimum Gasteiger partial charge on any atom is -0.326 e. The maximum absolute atomic E-state index is 12.1. The zero-order valence-corrected chi connectivity index (χ0v) is 10.3. The Morgan fingerprint density at radius 1 is 1.17 bits per heavy atom. The number of aryl methyl sites for hydroxylation is 1. The maximum atomic E-state index is 12.1. The van der Waals surface area contributed by atoms with Gasteiger partial charge >= 0.3 is 0 Å².